The van der Waals surface area contributed by atoms with Crippen molar-refractivity contribution in [1.82, 2.24) is 0 Å². The first-order valence-corrected chi connectivity index (χ1v) is 2.88. The smallest absolute Gasteiger partial charge is 0.129 e. The monoisotopic (exact) mass is 116 g/mol. The van der Waals surface area contributed by atoms with Gasteiger partial charge in [0.15, 0.2) is 0 Å². The van der Waals surface area contributed by atoms with E-state index < -0.39 is 0 Å². The first-order chi connectivity index (χ1) is 3.43. The van der Waals surface area contributed by atoms with Crippen LogP contribution in [0, 0.1) is 0 Å². The van der Waals surface area contributed by atoms with Crippen LogP contribution >= 0.6 is 11.9 Å². The predicted octanol–water partition coefficient (Wildman–Crippen LogP) is 0.959. The highest BCUT2D eigenvalue weighted by Crippen LogP contribution is 2.20. The van der Waals surface area contributed by atoms with Crippen molar-refractivity contribution in [1.29, 1.82) is 0 Å². The van der Waals surface area contributed by atoms with E-state index in [-0.39, 0.29) is 5.44 Å². The molecule has 0 amide bonds. The molecule has 0 N–H and O–H groups in total. The Kier molecular flexibility index (Phi) is 1.70. The van der Waals surface area contributed by atoms with Crippen LogP contribution in [0.25, 0.3) is 0 Å². The quantitative estimate of drug-likeness (QED) is 0.476. The molecule has 0 bridgehead atoms. The molecule has 0 aromatic rings. The molecule has 39 valence electrons. The van der Waals surface area contributed by atoms with Gasteiger partial charge in [0.1, 0.15) is 5.44 Å². The Hall–Kier alpha value is -0.0200. The molecule has 1 aliphatic heterocycles. The van der Waals surface area contributed by atoms with Crippen molar-refractivity contribution >= 4 is 18.2 Å². The average Bonchev–Trinajstić information content (AvgIpc) is 2.14. The molecular weight excluding hydrogens is 110 g/mol. The van der Waals surface area contributed by atoms with E-state index in [9.17, 15) is 0 Å². The molecule has 1 atom stereocenters. The Balaban J connectivity index is 2.22. The van der Waals surface area contributed by atoms with Crippen molar-refractivity contribution in [2.75, 3.05) is 7.11 Å². The summed E-state index contributed by atoms with van der Waals surface area (Å²) in [5.41, 5.74) is 0.236. The van der Waals surface area contributed by atoms with E-state index in [2.05, 4.69) is 10.6 Å². The topological polar surface area (TPSA) is 21.6 Å². The highest BCUT2D eigenvalue weighted by molar-refractivity contribution is 7.98. The van der Waals surface area contributed by atoms with Crippen molar-refractivity contribution in [2.24, 2.45) is 4.40 Å². The third-order valence-electron chi connectivity index (χ3n) is 0.756. The highest BCUT2D eigenvalue weighted by Gasteiger charge is 2.09. The zero-order valence-corrected chi connectivity index (χ0v) is 4.86. The summed E-state index contributed by atoms with van der Waals surface area (Å²) in [5, 5.41) is 0. The summed E-state index contributed by atoms with van der Waals surface area (Å²) < 4.78 is 8.70. The van der Waals surface area contributed by atoms with Gasteiger partial charge in [-0.2, -0.15) is 0 Å². The molecule has 0 spiro atoms. The molecule has 1 radical (unpaired) electrons. The maximum absolute atomic E-state index is 4.92. The molecule has 0 fully saturated rings. The number of hydrogen-bond donors (Lipinski definition) is 0. The molecule has 0 saturated heterocycles. The zero-order chi connectivity index (χ0) is 5.11. The van der Waals surface area contributed by atoms with E-state index in [4.69, 9.17) is 4.74 Å². The van der Waals surface area contributed by atoms with Gasteiger partial charge in [0.25, 0.3) is 0 Å². The Morgan fingerprint density at radius 2 is 2.86 bits per heavy atom. The standard InChI is InChI=1S/C4H6NOS/c1-6-4-2-3-5-7-4/h4H,2H2,1H3. The minimum Gasteiger partial charge on any atom is -0.369 e. The van der Waals surface area contributed by atoms with E-state index in [0.29, 0.717) is 0 Å². The second-order valence-corrected chi connectivity index (χ2v) is 2.14. The van der Waals surface area contributed by atoms with Gasteiger partial charge in [0, 0.05) is 25.5 Å². The lowest BCUT2D eigenvalue weighted by Crippen LogP contribution is -1.98. The molecule has 1 rings (SSSR count). The predicted molar refractivity (Wildman–Crippen MR) is 30.4 cm³/mol. The van der Waals surface area contributed by atoms with Gasteiger partial charge in [0.05, 0.1) is 6.21 Å². The summed E-state index contributed by atoms with van der Waals surface area (Å²) in [5.74, 6) is 0. The van der Waals surface area contributed by atoms with Crippen LogP contribution in [0.4, 0.5) is 0 Å². The normalized spacial score (nSPS) is 29.0. The number of ether oxygens (including phenoxy) is 1. The molecule has 0 aromatic heterocycles. The summed E-state index contributed by atoms with van der Waals surface area (Å²) >= 11 is 1.43. The summed E-state index contributed by atoms with van der Waals surface area (Å²) in [6, 6.07) is 0. The van der Waals surface area contributed by atoms with E-state index in [1.54, 1.807) is 7.11 Å². The van der Waals surface area contributed by atoms with Crippen LogP contribution in [-0.2, 0) is 4.74 Å². The van der Waals surface area contributed by atoms with Crippen molar-refractivity contribution < 1.29 is 4.74 Å². The lowest BCUT2D eigenvalue weighted by molar-refractivity contribution is 0.181. The van der Waals surface area contributed by atoms with Gasteiger partial charge >= 0.3 is 0 Å². The minimum atomic E-state index is 0.236. The second kappa shape index (κ2) is 2.33. The van der Waals surface area contributed by atoms with Gasteiger partial charge in [0.2, 0.25) is 0 Å². The first-order valence-electron chi connectivity index (χ1n) is 2.05. The van der Waals surface area contributed by atoms with Crippen LogP contribution < -0.4 is 0 Å². The SMILES string of the molecule is COC1C[C]=NS1. The van der Waals surface area contributed by atoms with Gasteiger partial charge in [-0.15, -0.1) is 0 Å². The van der Waals surface area contributed by atoms with Crippen LogP contribution in [0.3, 0.4) is 0 Å². The fourth-order valence-corrected chi connectivity index (χ4v) is 0.873. The Morgan fingerprint density at radius 3 is 3.14 bits per heavy atom. The van der Waals surface area contributed by atoms with Crippen LogP contribution in [0.5, 0.6) is 0 Å². The Morgan fingerprint density at radius 1 is 2.00 bits per heavy atom. The summed E-state index contributed by atoms with van der Waals surface area (Å²) in [4.78, 5) is 0. The lowest BCUT2D eigenvalue weighted by atomic mass is 10.5. The maximum atomic E-state index is 4.92. The maximum Gasteiger partial charge on any atom is 0.129 e. The molecule has 1 aliphatic rings. The van der Waals surface area contributed by atoms with Gasteiger partial charge in [-0.1, -0.05) is 0 Å². The fourth-order valence-electron chi connectivity index (χ4n) is 0.371. The van der Waals surface area contributed by atoms with Crippen LogP contribution in [0.15, 0.2) is 4.40 Å². The van der Waals surface area contributed by atoms with Crippen molar-refractivity contribution in [3.8, 4) is 0 Å². The second-order valence-electron chi connectivity index (χ2n) is 1.22. The molecule has 0 aromatic carbocycles. The molecule has 0 saturated carbocycles. The Bertz CT molecular complexity index is 75.8. The number of methoxy groups -OCH3 is 1. The third kappa shape index (κ3) is 1.17. The fraction of sp³-hybridized carbons (Fsp3) is 0.750. The van der Waals surface area contributed by atoms with Gasteiger partial charge in [-0.05, 0) is 0 Å². The van der Waals surface area contributed by atoms with Crippen molar-refractivity contribution in [3.63, 3.8) is 0 Å². The van der Waals surface area contributed by atoms with Crippen LogP contribution in [0.2, 0.25) is 0 Å². The van der Waals surface area contributed by atoms with Crippen LogP contribution in [0.1, 0.15) is 6.42 Å². The van der Waals surface area contributed by atoms with E-state index >= 15 is 0 Å². The van der Waals surface area contributed by atoms with Gasteiger partial charge < -0.3 is 4.74 Å². The summed E-state index contributed by atoms with van der Waals surface area (Å²) in [7, 11) is 1.68. The van der Waals surface area contributed by atoms with Gasteiger partial charge in [-0.3, -0.25) is 0 Å². The summed E-state index contributed by atoms with van der Waals surface area (Å²) in [6.07, 6.45) is 3.62. The van der Waals surface area contributed by atoms with Crippen molar-refractivity contribution in [2.45, 2.75) is 11.9 Å². The van der Waals surface area contributed by atoms with E-state index in [0.717, 1.165) is 6.42 Å². The minimum absolute atomic E-state index is 0.236. The Labute approximate surface area is 47.1 Å². The molecule has 7 heavy (non-hydrogen) atoms. The molecule has 0 aliphatic carbocycles. The molecule has 1 unspecified atom stereocenters. The summed E-state index contributed by atoms with van der Waals surface area (Å²) in [6.45, 7) is 0. The molecular formula is C4H6NOS. The number of hydrogen-bond acceptors (Lipinski definition) is 3. The number of nitrogens with zero attached hydrogens (tertiary/aromatic N) is 1. The largest absolute Gasteiger partial charge is 0.369 e. The third-order valence-corrected chi connectivity index (χ3v) is 1.58. The van der Waals surface area contributed by atoms with E-state index in [1.165, 1.54) is 11.9 Å². The average molecular weight is 116 g/mol. The molecule has 2 nitrogen and oxygen atoms in total. The number of rotatable bonds is 1. The van der Waals surface area contributed by atoms with E-state index in [1.807, 2.05) is 0 Å². The molecule has 1 heterocycles. The lowest BCUT2D eigenvalue weighted by Gasteiger charge is -1.99. The zero-order valence-electron chi connectivity index (χ0n) is 4.05. The highest BCUT2D eigenvalue weighted by atomic mass is 32.2. The van der Waals surface area contributed by atoms with Gasteiger partial charge in [-0.25, -0.2) is 4.40 Å². The first kappa shape index (κ1) is 5.12. The van der Waals surface area contributed by atoms with Crippen LogP contribution in [-0.4, -0.2) is 18.8 Å². The molecule has 3 heteroatoms. The van der Waals surface area contributed by atoms with Crippen molar-refractivity contribution in [3.05, 3.63) is 0 Å².